The van der Waals surface area contributed by atoms with Crippen LogP contribution in [0.5, 0.6) is 0 Å². The summed E-state index contributed by atoms with van der Waals surface area (Å²) in [6.07, 6.45) is 0. The van der Waals surface area contributed by atoms with Crippen LogP contribution in [0.1, 0.15) is 36.6 Å². The molecule has 0 aliphatic carbocycles. The molecule has 0 fully saturated rings. The molecule has 2 aromatic rings. The molecule has 0 saturated carbocycles. The lowest BCUT2D eigenvalue weighted by Gasteiger charge is -2.24. The molecule has 0 unspecified atom stereocenters. The van der Waals surface area contributed by atoms with Gasteiger partial charge in [0.25, 0.3) is 0 Å². The molecule has 0 radical (unpaired) electrons. The third-order valence-electron chi connectivity index (χ3n) is 3.59. The first kappa shape index (κ1) is 13.0. The van der Waals surface area contributed by atoms with E-state index < -0.39 is 17.9 Å². The van der Waals surface area contributed by atoms with Gasteiger partial charge in [0.15, 0.2) is 0 Å². The van der Waals surface area contributed by atoms with Gasteiger partial charge >= 0.3 is 17.9 Å². The van der Waals surface area contributed by atoms with Crippen LogP contribution in [0.25, 0.3) is 10.8 Å². The van der Waals surface area contributed by atoms with Crippen LogP contribution in [0, 0.1) is 0 Å². The summed E-state index contributed by atoms with van der Waals surface area (Å²) in [4.78, 5) is 35.9. The molecular formula is C14H4Br2O5. The fourth-order valence-electron chi connectivity index (χ4n) is 2.71. The molecule has 7 heteroatoms. The highest BCUT2D eigenvalue weighted by atomic mass is 79.9. The molecule has 0 amide bonds. The van der Waals surface area contributed by atoms with E-state index >= 15 is 0 Å². The monoisotopic (exact) mass is 410 g/mol. The second-order valence-corrected chi connectivity index (χ2v) is 6.38. The largest absolute Gasteiger partial charge is 0.457 e. The van der Waals surface area contributed by atoms with E-state index in [9.17, 15) is 14.4 Å². The lowest BCUT2D eigenvalue weighted by Crippen LogP contribution is -2.23. The van der Waals surface area contributed by atoms with Crippen LogP contribution in [0.4, 0.5) is 0 Å². The van der Waals surface area contributed by atoms with Crippen LogP contribution >= 0.6 is 31.9 Å². The maximum atomic E-state index is 12.0. The highest BCUT2D eigenvalue weighted by Crippen LogP contribution is 2.42. The van der Waals surface area contributed by atoms with Crippen LogP contribution in [0.2, 0.25) is 0 Å². The van der Waals surface area contributed by atoms with Crippen molar-refractivity contribution in [2.45, 2.75) is 6.61 Å². The van der Waals surface area contributed by atoms with Gasteiger partial charge < -0.3 is 9.47 Å². The van der Waals surface area contributed by atoms with E-state index in [1.54, 1.807) is 6.07 Å². The van der Waals surface area contributed by atoms with Crippen LogP contribution < -0.4 is 0 Å². The maximum Gasteiger partial charge on any atom is 0.347 e. The first-order valence-electron chi connectivity index (χ1n) is 5.90. The Hall–Kier alpha value is -1.73. The van der Waals surface area contributed by atoms with Gasteiger partial charge in [-0.3, -0.25) is 0 Å². The zero-order valence-electron chi connectivity index (χ0n) is 10.2. The van der Waals surface area contributed by atoms with Gasteiger partial charge in [-0.25, -0.2) is 14.4 Å². The summed E-state index contributed by atoms with van der Waals surface area (Å²) in [6, 6.07) is 3.11. The number of benzene rings is 2. The van der Waals surface area contributed by atoms with Crippen LogP contribution in [-0.4, -0.2) is 17.9 Å². The fraction of sp³-hybridized carbons (Fsp3) is 0.0714. The van der Waals surface area contributed by atoms with Crippen molar-refractivity contribution in [1.29, 1.82) is 0 Å². The van der Waals surface area contributed by atoms with Gasteiger partial charge in [0, 0.05) is 25.3 Å². The fourth-order valence-corrected chi connectivity index (χ4v) is 3.84. The number of cyclic esters (lactones) is 3. The Morgan fingerprint density at radius 1 is 0.857 bits per heavy atom. The predicted octanol–water partition coefficient (Wildman–Crippen LogP) is 3.35. The number of carbonyl (C=O) groups excluding carboxylic acids is 3. The van der Waals surface area contributed by atoms with Gasteiger partial charge in [-0.2, -0.15) is 0 Å². The number of ether oxygens (including phenoxy) is 2. The second kappa shape index (κ2) is 4.14. The van der Waals surface area contributed by atoms with Crippen molar-refractivity contribution in [2.24, 2.45) is 0 Å². The quantitative estimate of drug-likeness (QED) is 0.491. The molecule has 0 aromatic heterocycles. The van der Waals surface area contributed by atoms with Crippen molar-refractivity contribution in [1.82, 2.24) is 0 Å². The molecule has 2 heterocycles. The standard InChI is InChI=1S/C14H4Br2O5/c15-7-1-5-10-9-4(12(17)20-3-6(7)9)2-8(16)11(10)14(19)21-13(5)18/h1-2H,3H2. The molecule has 104 valence electrons. The SMILES string of the molecule is O=C1OCc2c(Br)cc3c4c(c(Br)cc1c24)C(=O)OC3=O. The molecule has 0 spiro atoms. The summed E-state index contributed by atoms with van der Waals surface area (Å²) in [5.41, 5.74) is 1.57. The number of hydrogen-bond acceptors (Lipinski definition) is 5. The molecule has 0 saturated heterocycles. The van der Waals surface area contributed by atoms with Gasteiger partial charge in [0.05, 0.1) is 16.7 Å². The van der Waals surface area contributed by atoms with Crippen molar-refractivity contribution < 1.29 is 23.9 Å². The highest BCUT2D eigenvalue weighted by Gasteiger charge is 2.35. The van der Waals surface area contributed by atoms with Crippen molar-refractivity contribution in [3.63, 3.8) is 0 Å². The molecule has 0 N–H and O–H groups in total. The van der Waals surface area contributed by atoms with Crippen molar-refractivity contribution in [3.05, 3.63) is 43.3 Å². The Morgan fingerprint density at radius 2 is 1.52 bits per heavy atom. The van der Waals surface area contributed by atoms with E-state index in [0.29, 0.717) is 25.3 Å². The lowest BCUT2D eigenvalue weighted by atomic mass is 9.89. The molecule has 5 nitrogen and oxygen atoms in total. The maximum absolute atomic E-state index is 12.0. The van der Waals surface area contributed by atoms with Gasteiger partial charge in [0.2, 0.25) is 0 Å². The highest BCUT2D eigenvalue weighted by molar-refractivity contribution is 9.10. The van der Waals surface area contributed by atoms with Gasteiger partial charge in [-0.05, 0) is 28.1 Å². The Morgan fingerprint density at radius 3 is 2.29 bits per heavy atom. The first-order valence-corrected chi connectivity index (χ1v) is 7.49. The van der Waals surface area contributed by atoms with Crippen LogP contribution in [0.3, 0.4) is 0 Å². The molecule has 0 bridgehead atoms. The van der Waals surface area contributed by atoms with Gasteiger partial charge in [0.1, 0.15) is 6.61 Å². The van der Waals surface area contributed by atoms with E-state index in [1.807, 2.05) is 0 Å². The van der Waals surface area contributed by atoms with Crippen LogP contribution in [-0.2, 0) is 16.1 Å². The van der Waals surface area contributed by atoms with Crippen molar-refractivity contribution in [2.75, 3.05) is 0 Å². The third kappa shape index (κ3) is 1.58. The number of rotatable bonds is 0. The third-order valence-corrected chi connectivity index (χ3v) is 4.92. The minimum absolute atomic E-state index is 0.0908. The summed E-state index contributed by atoms with van der Waals surface area (Å²) >= 11 is 6.63. The van der Waals surface area contributed by atoms with E-state index in [4.69, 9.17) is 9.47 Å². The zero-order valence-corrected chi connectivity index (χ0v) is 13.3. The normalized spacial score (nSPS) is 16.0. The molecule has 21 heavy (non-hydrogen) atoms. The topological polar surface area (TPSA) is 69.7 Å². The van der Waals surface area contributed by atoms with E-state index in [2.05, 4.69) is 31.9 Å². The second-order valence-electron chi connectivity index (χ2n) is 4.67. The molecule has 2 aliphatic rings. The predicted molar refractivity (Wildman–Crippen MR) is 78.2 cm³/mol. The summed E-state index contributed by atoms with van der Waals surface area (Å²) < 4.78 is 10.9. The minimum atomic E-state index is -0.724. The average molecular weight is 412 g/mol. The Balaban J connectivity index is 2.33. The smallest absolute Gasteiger partial charge is 0.347 e. The summed E-state index contributed by atoms with van der Waals surface area (Å²) in [6.45, 7) is 0.0908. The van der Waals surface area contributed by atoms with Crippen molar-refractivity contribution >= 4 is 60.5 Å². The lowest BCUT2D eigenvalue weighted by molar-refractivity contribution is 0.0384. The van der Waals surface area contributed by atoms with Crippen LogP contribution in [0.15, 0.2) is 21.1 Å². The molecule has 2 aromatic carbocycles. The zero-order chi connectivity index (χ0) is 14.9. The average Bonchev–Trinajstić information content (AvgIpc) is 2.42. The van der Waals surface area contributed by atoms with E-state index in [-0.39, 0.29) is 17.7 Å². The van der Waals surface area contributed by atoms with Crippen molar-refractivity contribution in [3.8, 4) is 0 Å². The molecule has 4 rings (SSSR count). The summed E-state index contributed by atoms with van der Waals surface area (Å²) in [7, 11) is 0. The molecule has 0 atom stereocenters. The Kier molecular flexibility index (Phi) is 2.56. The number of hydrogen-bond donors (Lipinski definition) is 0. The molecule has 2 aliphatic heterocycles. The van der Waals surface area contributed by atoms with E-state index in [0.717, 1.165) is 5.56 Å². The minimum Gasteiger partial charge on any atom is -0.457 e. The van der Waals surface area contributed by atoms with Gasteiger partial charge in [-0.1, -0.05) is 15.9 Å². The number of esters is 3. The number of carbonyl (C=O) groups is 3. The van der Waals surface area contributed by atoms with E-state index in [1.165, 1.54) is 6.07 Å². The van der Waals surface area contributed by atoms with Gasteiger partial charge in [-0.15, -0.1) is 0 Å². The number of halogens is 2. The Labute approximate surface area is 134 Å². The first-order chi connectivity index (χ1) is 9.99. The summed E-state index contributed by atoms with van der Waals surface area (Å²) in [5, 5.41) is 1.01. The summed E-state index contributed by atoms with van der Waals surface area (Å²) in [5.74, 6) is -1.92. The molecular weight excluding hydrogens is 408 g/mol. The Bertz CT molecular complexity index is 900.